The van der Waals surface area contributed by atoms with E-state index in [0.717, 1.165) is 50.4 Å². The molecule has 5 N–H and O–H groups in total. The van der Waals surface area contributed by atoms with Crippen LogP contribution in [0.1, 0.15) is 11.1 Å². The highest BCUT2D eigenvalue weighted by molar-refractivity contribution is 14.1. The van der Waals surface area contributed by atoms with Crippen LogP contribution in [0.3, 0.4) is 0 Å². The molecule has 7 aromatic heterocycles. The van der Waals surface area contributed by atoms with Crippen LogP contribution in [0.2, 0.25) is 10.0 Å². The molecule has 124 heavy (non-hydrogen) atoms. The summed E-state index contributed by atoms with van der Waals surface area (Å²) in [5.41, 5.74) is 28.7. The Bertz CT molecular complexity index is 7730. The zero-order chi connectivity index (χ0) is 85.5. The van der Waals surface area contributed by atoms with Crippen LogP contribution in [0.15, 0.2) is 385 Å². The topological polar surface area (TPSA) is 106 Å². The lowest BCUT2D eigenvalue weighted by Crippen LogP contribution is -2.29. The van der Waals surface area contributed by atoms with E-state index in [4.69, 9.17) is 43.4 Å². The minimum absolute atomic E-state index is 0.449. The number of nitrogens with two attached hydrogens (primary N) is 1. The summed E-state index contributed by atoms with van der Waals surface area (Å²) in [5, 5.41) is 36.4. The summed E-state index contributed by atoms with van der Waals surface area (Å²) < 4.78 is 18.0. The highest BCUT2D eigenvalue weighted by atomic mass is 127. The van der Waals surface area contributed by atoms with Gasteiger partial charge in [-0.15, -0.1) is 34.0 Å². The maximum Gasteiger partial charge on any atom is 0.488 e. The summed E-state index contributed by atoms with van der Waals surface area (Å²) in [6, 6.07) is 130. The van der Waals surface area contributed by atoms with E-state index in [1.165, 1.54) is 160 Å². The number of furan rings is 1. The third kappa shape index (κ3) is 17.0. The highest BCUT2D eigenvalue weighted by Gasteiger charge is 2.24. The summed E-state index contributed by atoms with van der Waals surface area (Å²) in [4.78, 5) is 9.79. The van der Waals surface area contributed by atoms with Crippen molar-refractivity contribution in [3.8, 4) is 50.4 Å². The smallest absolute Gasteiger partial charge is 0.456 e. The third-order valence-corrected chi connectivity index (χ3v) is 27.0. The molecule has 0 spiro atoms. The summed E-state index contributed by atoms with van der Waals surface area (Å²) >= 11 is 27.4. The number of nitrogen functional groups attached to an aromatic ring is 1. The van der Waals surface area contributed by atoms with Gasteiger partial charge in [0.15, 0.2) is 0 Å². The molecular weight excluding hydrogens is 2030 g/mol. The summed E-state index contributed by atoms with van der Waals surface area (Å²) in [6.45, 7) is 0. The lowest BCUT2D eigenvalue weighted by atomic mass is 9.81. The molecule has 0 unspecified atom stereocenters. The van der Waals surface area contributed by atoms with Gasteiger partial charge in [0.25, 0.3) is 0 Å². The first-order chi connectivity index (χ1) is 61.0. The second-order valence-corrected chi connectivity index (χ2v) is 33.8. The number of nitrogens with zero attached hydrogens (tertiary/aromatic N) is 3. The van der Waals surface area contributed by atoms with E-state index in [1.54, 1.807) is 24.3 Å². The molecule has 1 aliphatic carbocycles. The molecule has 0 atom stereocenters. The highest BCUT2D eigenvalue weighted by Crippen LogP contribution is 2.50. The quantitative estimate of drug-likeness (QED) is 0.0525. The molecule has 0 saturated heterocycles. The molecule has 8 nitrogen and oxygen atoms in total. The molecule has 0 bridgehead atoms. The number of hydrogen-bond acceptors (Lipinski definition) is 8. The number of fused-ring (bicyclic) bond motifs is 21. The number of halogens is 6. The van der Waals surface area contributed by atoms with Gasteiger partial charge in [-0.25, -0.2) is 0 Å². The van der Waals surface area contributed by atoms with Crippen LogP contribution >= 0.6 is 141 Å². The van der Waals surface area contributed by atoms with E-state index in [2.05, 4.69) is 406 Å². The number of aromatic nitrogens is 3. The van der Waals surface area contributed by atoms with Crippen LogP contribution in [-0.2, 0) is 6.42 Å². The van der Waals surface area contributed by atoms with E-state index in [1.807, 2.05) is 97.3 Å². The van der Waals surface area contributed by atoms with E-state index >= 15 is 0 Å². The molecule has 18 heteroatoms. The normalized spacial score (nSPS) is 11.2. The maximum absolute atomic E-state index is 8.63. The number of rotatable bonds is 8. The summed E-state index contributed by atoms with van der Waals surface area (Å²) in [6.07, 6.45) is 1.00. The molecule has 7 heterocycles. The minimum atomic E-state index is -1.41. The van der Waals surface area contributed by atoms with Crippen molar-refractivity contribution in [3.63, 3.8) is 0 Å². The Morgan fingerprint density at radius 3 is 1.23 bits per heavy atom. The number of nitrogens with one attached hydrogen (secondary N) is 1. The van der Waals surface area contributed by atoms with Gasteiger partial charge in [0.2, 0.25) is 0 Å². The Labute approximate surface area is 790 Å². The Morgan fingerprint density at radius 1 is 0.347 bits per heavy atom. The number of para-hydroxylation sites is 7. The van der Waals surface area contributed by atoms with Gasteiger partial charge in [-0.05, 0) is 215 Å². The van der Waals surface area contributed by atoms with E-state index in [-0.39, 0.29) is 0 Å². The first-order valence-corrected chi connectivity index (χ1v) is 50.4. The molecule has 0 saturated carbocycles. The van der Waals surface area contributed by atoms with Gasteiger partial charge in [-0.3, -0.25) is 0 Å². The predicted octanol–water partition coefficient (Wildman–Crippen LogP) is 32.4. The number of benzene rings is 16. The van der Waals surface area contributed by atoms with Crippen molar-refractivity contribution in [1.29, 1.82) is 0 Å². The van der Waals surface area contributed by atoms with Crippen molar-refractivity contribution in [2.45, 2.75) is 6.42 Å². The van der Waals surface area contributed by atoms with Crippen LogP contribution in [0.5, 0.6) is 0 Å². The van der Waals surface area contributed by atoms with Gasteiger partial charge >= 0.3 is 7.12 Å². The largest absolute Gasteiger partial charge is 0.488 e. The number of thiophene rings is 3. The van der Waals surface area contributed by atoms with Crippen molar-refractivity contribution in [1.82, 2.24) is 13.7 Å². The molecule has 0 amide bonds. The zero-order valence-electron chi connectivity index (χ0n) is 67.3. The number of anilines is 3. The molecule has 0 aliphatic heterocycles. The second-order valence-electron chi connectivity index (χ2n) is 29.1. The molecule has 608 valence electrons. The van der Waals surface area contributed by atoms with Crippen molar-refractivity contribution in [3.05, 3.63) is 402 Å². The first-order valence-electron chi connectivity index (χ1n) is 39.9. The summed E-state index contributed by atoms with van der Waals surface area (Å²) in [7, 11) is -1.41. The molecular formula is C106H78BBrCl2I3N5O3S3. The Morgan fingerprint density at radius 2 is 0.726 bits per heavy atom. The van der Waals surface area contributed by atoms with E-state index in [0.29, 0.717) is 10.5 Å². The van der Waals surface area contributed by atoms with Crippen LogP contribution in [0, 0.1) is 0 Å². The van der Waals surface area contributed by atoms with E-state index in [9.17, 15) is 0 Å². The monoisotopic (exact) mass is 2110 g/mol. The van der Waals surface area contributed by atoms with Crippen LogP contribution in [0.4, 0.5) is 17.1 Å². The average Bonchev–Trinajstić information content (AvgIpc) is 1.57. The van der Waals surface area contributed by atoms with Gasteiger partial charge in [0.05, 0.1) is 21.3 Å². The van der Waals surface area contributed by atoms with Gasteiger partial charge in [0, 0.05) is 123 Å². The molecule has 1 aliphatic rings. The van der Waals surface area contributed by atoms with Crippen LogP contribution in [-0.4, -0.2) is 45.7 Å². The van der Waals surface area contributed by atoms with Crippen LogP contribution < -0.4 is 16.5 Å². The molecule has 0 radical (unpaired) electrons. The van der Waals surface area contributed by atoms with Gasteiger partial charge in [0.1, 0.15) is 25.7 Å². The van der Waals surface area contributed by atoms with Crippen molar-refractivity contribution in [2.24, 2.45) is 0 Å². The molecule has 16 aromatic carbocycles. The zero-order valence-corrected chi connectivity index (χ0v) is 79.3. The van der Waals surface area contributed by atoms with Crippen molar-refractivity contribution >= 4 is 286 Å². The minimum Gasteiger partial charge on any atom is -0.456 e. The van der Waals surface area contributed by atoms with Crippen molar-refractivity contribution in [2.75, 3.05) is 25.8 Å². The third-order valence-electron chi connectivity index (χ3n) is 21.9. The summed E-state index contributed by atoms with van der Waals surface area (Å²) in [5.74, 6) is 0. The molecule has 0 fully saturated rings. The number of hydrogen-bond donors (Lipinski definition) is 4. The fraction of sp³-hybridized carbons (Fsp3) is 0.0377. The molecule has 23 aromatic rings. The van der Waals surface area contributed by atoms with E-state index < -0.39 is 7.12 Å². The maximum atomic E-state index is 8.63. The van der Waals surface area contributed by atoms with Gasteiger partial charge in [-0.1, -0.05) is 334 Å². The number of alkyl halides is 3. The lowest BCUT2D eigenvalue weighted by Gasteiger charge is -2.10. The fourth-order valence-corrected chi connectivity index (χ4v) is 21.5. The Hall–Kier alpha value is -10.6. The second kappa shape index (κ2) is 38.9. The Balaban J connectivity index is 0.000000116. The fourth-order valence-electron chi connectivity index (χ4n) is 16.6. The average molecular weight is 2110 g/mol. The predicted molar refractivity (Wildman–Crippen MR) is 569 cm³/mol. The lowest BCUT2D eigenvalue weighted by molar-refractivity contribution is 0.426. The first kappa shape index (κ1) is 85.6. The Kier molecular flexibility index (Phi) is 26.9. The van der Waals surface area contributed by atoms with Gasteiger partial charge in [-0.2, -0.15) is 0 Å². The molecule has 24 rings (SSSR count). The van der Waals surface area contributed by atoms with Gasteiger partial charge < -0.3 is 39.2 Å². The van der Waals surface area contributed by atoms with Crippen molar-refractivity contribution < 1.29 is 14.5 Å². The SMILES string of the molecule is Brc1cccc2c1sc1c2c2ccccc2n1-c1ccccc1.CI.CI.CI.Clc1ccc(-c2cccc3c2sc2c3c3ccccc3n2-c2ccccc2)cc1.Nc1ccc2c(c1)oc1ccccc12.OB(O)c1ccc(Cl)cc1.c1ccc(-n2c3ccccc3c3c4cccc(-c5ccc(Nc6ccc7c(c6)Cc6ccccc6-7)cc5)c4sc32)cc1. The van der Waals surface area contributed by atoms with Crippen LogP contribution in [0.25, 0.3) is 166 Å². The standard InChI is InChI=1S/C39H26N2S.C26H16ClNS.C20H12BrNS.C12H9NO.C6H6BClO2.3CH3I/c1-2-10-30(11-3-1)41-36-16-7-6-13-34(36)37-35-15-8-14-33(38(35)42-39(37)41)25-17-19-28(20-18-25)40-29-21-22-32-27(24-29)23-26-9-4-5-12-31(26)32;27-18-15-13-17(14-16-18)20-10-6-11-22-24-21-9-4-5-12-23(21)28(26(24)29-25(20)22)19-7-2-1-3-8-19;21-16-11-6-10-15-18-14-9-4-5-12-17(14)22(20(18)23-19(15)16)13-7-2-1-3-8-13;13-8-5-6-10-9-3-1-2-4-11(9)14-12(10)7-8;8-6-3-1-5(2-4-6)7(9)10;3*1-2/h1-22,24,40H,23H2;1-16H;1-12H;1-7H,13H2;1-4,9-10H;3*1H3.